The van der Waals surface area contributed by atoms with Gasteiger partial charge >= 0.3 is 0 Å². The van der Waals surface area contributed by atoms with E-state index in [-0.39, 0.29) is 5.75 Å². The third-order valence-electron chi connectivity index (χ3n) is 4.76. The largest absolute Gasteiger partial charge is 0.503 e. The predicted octanol–water partition coefficient (Wildman–Crippen LogP) is 2.64. The molecule has 0 spiro atoms. The predicted molar refractivity (Wildman–Crippen MR) is 92.4 cm³/mol. The van der Waals surface area contributed by atoms with Gasteiger partial charge < -0.3 is 14.4 Å². The highest BCUT2D eigenvalue weighted by atomic mass is 35.5. The lowest BCUT2D eigenvalue weighted by Gasteiger charge is -2.32. The Bertz CT molecular complexity index is 696. The lowest BCUT2D eigenvalue weighted by atomic mass is 9.93. The van der Waals surface area contributed by atoms with Crippen LogP contribution in [0.1, 0.15) is 24.2 Å². The number of phenolic OH excluding ortho intramolecular Hbond substituents is 1. The number of hydrogen-bond donors (Lipinski definition) is 1. The number of rotatable bonds is 5. The van der Waals surface area contributed by atoms with Crippen molar-refractivity contribution in [2.45, 2.75) is 25.8 Å². The number of nitrogens with zero attached hydrogens (tertiary/aromatic N) is 4. The molecular formula is C17H23ClN4O2. The number of aromatic hydroxyl groups is 1. The van der Waals surface area contributed by atoms with E-state index >= 15 is 0 Å². The van der Waals surface area contributed by atoms with Crippen LogP contribution in [0.3, 0.4) is 0 Å². The van der Waals surface area contributed by atoms with Crippen LogP contribution in [0.2, 0.25) is 5.02 Å². The Hall–Kier alpha value is -1.79. The van der Waals surface area contributed by atoms with Gasteiger partial charge in [-0.25, -0.2) is 0 Å². The van der Waals surface area contributed by atoms with E-state index in [0.29, 0.717) is 16.7 Å². The van der Waals surface area contributed by atoms with E-state index in [1.807, 2.05) is 17.7 Å². The quantitative estimate of drug-likeness (QED) is 0.898. The van der Waals surface area contributed by atoms with E-state index in [2.05, 4.69) is 15.1 Å². The number of likely N-dealkylation sites (tertiary alicyclic amines) is 1. The van der Waals surface area contributed by atoms with E-state index < -0.39 is 0 Å². The number of ether oxygens (including phenoxy) is 1. The molecule has 1 aromatic heterocycles. The van der Waals surface area contributed by atoms with Crippen LogP contribution in [-0.2, 0) is 20.0 Å². The van der Waals surface area contributed by atoms with E-state index in [1.165, 1.54) is 7.11 Å². The number of hydrogen-bond acceptors (Lipinski definition) is 5. The van der Waals surface area contributed by atoms with Gasteiger partial charge in [0.05, 0.1) is 12.1 Å². The number of phenols is 1. The van der Waals surface area contributed by atoms with Gasteiger partial charge in [0.25, 0.3) is 0 Å². The van der Waals surface area contributed by atoms with Gasteiger partial charge in [0.15, 0.2) is 11.5 Å². The summed E-state index contributed by atoms with van der Waals surface area (Å²) >= 11 is 6.26. The summed E-state index contributed by atoms with van der Waals surface area (Å²) in [6.45, 7) is 2.78. The molecule has 7 heteroatoms. The summed E-state index contributed by atoms with van der Waals surface area (Å²) in [6, 6.07) is 3.68. The van der Waals surface area contributed by atoms with Gasteiger partial charge in [0.2, 0.25) is 0 Å². The van der Waals surface area contributed by atoms with Crippen LogP contribution in [0.15, 0.2) is 18.5 Å². The molecular weight excluding hydrogens is 328 g/mol. The summed E-state index contributed by atoms with van der Waals surface area (Å²) < 4.78 is 7.08. The highest BCUT2D eigenvalue weighted by Gasteiger charge is 2.22. The van der Waals surface area contributed by atoms with Crippen LogP contribution in [0, 0.1) is 5.92 Å². The number of piperidine rings is 1. The second-order valence-electron chi connectivity index (χ2n) is 6.37. The average Bonchev–Trinajstić information content (AvgIpc) is 2.99. The van der Waals surface area contributed by atoms with E-state index in [0.717, 1.165) is 50.3 Å². The smallest absolute Gasteiger partial charge is 0.177 e. The SMILES string of the molecule is COc1ccc(CN2CCC(Cc3nncn3C)CC2)c(Cl)c1O. The van der Waals surface area contributed by atoms with Crippen LogP contribution in [0.5, 0.6) is 11.5 Å². The Morgan fingerprint density at radius 1 is 1.33 bits per heavy atom. The summed E-state index contributed by atoms with van der Waals surface area (Å²) in [4.78, 5) is 2.38. The van der Waals surface area contributed by atoms with E-state index in [9.17, 15) is 5.11 Å². The topological polar surface area (TPSA) is 63.4 Å². The first kappa shape index (κ1) is 17.0. The molecule has 0 radical (unpaired) electrons. The van der Waals surface area contributed by atoms with Crippen LogP contribution >= 0.6 is 11.6 Å². The van der Waals surface area contributed by atoms with Crippen LogP contribution in [-0.4, -0.2) is 45.0 Å². The van der Waals surface area contributed by atoms with Crippen LogP contribution in [0.4, 0.5) is 0 Å². The summed E-state index contributed by atoms with van der Waals surface area (Å²) in [7, 11) is 3.51. The molecule has 0 aliphatic carbocycles. The molecule has 6 nitrogen and oxygen atoms in total. The molecule has 2 aromatic rings. The average molecular weight is 351 g/mol. The maximum absolute atomic E-state index is 10.0. The minimum Gasteiger partial charge on any atom is -0.503 e. The zero-order valence-corrected chi connectivity index (χ0v) is 14.8. The third kappa shape index (κ3) is 3.65. The standard InChI is InChI=1S/C17H23ClN4O2/c1-21-11-19-20-15(21)9-12-5-7-22(8-6-12)10-13-3-4-14(24-2)17(23)16(13)18/h3-4,11-12,23H,5-10H2,1-2H3. The summed E-state index contributed by atoms with van der Waals surface area (Å²) in [6.07, 6.45) is 5.00. The van der Waals surface area contributed by atoms with Crippen molar-refractivity contribution in [3.63, 3.8) is 0 Å². The molecule has 0 bridgehead atoms. The molecule has 0 amide bonds. The Balaban J connectivity index is 1.56. The van der Waals surface area contributed by atoms with Crippen molar-refractivity contribution >= 4 is 11.6 Å². The molecule has 130 valence electrons. The number of methoxy groups -OCH3 is 1. The molecule has 1 aliphatic rings. The molecule has 0 unspecified atom stereocenters. The highest BCUT2D eigenvalue weighted by Crippen LogP contribution is 2.37. The molecule has 1 aliphatic heterocycles. The van der Waals surface area contributed by atoms with Gasteiger partial charge in [-0.15, -0.1) is 10.2 Å². The zero-order valence-electron chi connectivity index (χ0n) is 14.1. The first-order chi connectivity index (χ1) is 11.6. The molecule has 2 heterocycles. The molecule has 0 saturated carbocycles. The Morgan fingerprint density at radius 2 is 2.08 bits per heavy atom. The minimum absolute atomic E-state index is 0.0221. The molecule has 3 rings (SSSR count). The normalized spacial score (nSPS) is 16.5. The molecule has 1 fully saturated rings. The van der Waals surface area contributed by atoms with Crippen LogP contribution in [0.25, 0.3) is 0 Å². The van der Waals surface area contributed by atoms with Crippen molar-refractivity contribution in [3.05, 3.63) is 34.9 Å². The van der Waals surface area contributed by atoms with Crippen molar-refractivity contribution in [2.75, 3.05) is 20.2 Å². The first-order valence-corrected chi connectivity index (χ1v) is 8.55. The molecule has 1 saturated heterocycles. The Labute approximate surface area is 147 Å². The Kier molecular flexibility index (Phi) is 5.26. The van der Waals surface area contributed by atoms with Crippen molar-refractivity contribution in [1.82, 2.24) is 19.7 Å². The highest BCUT2D eigenvalue weighted by molar-refractivity contribution is 6.33. The van der Waals surface area contributed by atoms with Gasteiger partial charge in [-0.2, -0.15) is 0 Å². The lowest BCUT2D eigenvalue weighted by Crippen LogP contribution is -2.34. The van der Waals surface area contributed by atoms with Crippen LogP contribution < -0.4 is 4.74 Å². The Morgan fingerprint density at radius 3 is 2.71 bits per heavy atom. The van der Waals surface area contributed by atoms with E-state index in [4.69, 9.17) is 16.3 Å². The summed E-state index contributed by atoms with van der Waals surface area (Å²) in [5.74, 6) is 2.13. The number of halogens is 1. The fraction of sp³-hybridized carbons (Fsp3) is 0.529. The zero-order chi connectivity index (χ0) is 17.1. The number of aryl methyl sites for hydroxylation is 1. The molecule has 0 atom stereocenters. The van der Waals surface area contributed by atoms with Gasteiger partial charge in [-0.05, 0) is 43.5 Å². The monoisotopic (exact) mass is 350 g/mol. The summed E-state index contributed by atoms with van der Waals surface area (Å²) in [5, 5.41) is 18.5. The minimum atomic E-state index is 0.0221. The van der Waals surface area contributed by atoms with Crippen molar-refractivity contribution in [2.24, 2.45) is 13.0 Å². The first-order valence-electron chi connectivity index (χ1n) is 8.18. The van der Waals surface area contributed by atoms with Gasteiger partial charge in [0, 0.05) is 20.0 Å². The van der Waals surface area contributed by atoms with Gasteiger partial charge in [0.1, 0.15) is 12.2 Å². The number of aromatic nitrogens is 3. The van der Waals surface area contributed by atoms with Gasteiger partial charge in [-0.3, -0.25) is 4.90 Å². The van der Waals surface area contributed by atoms with E-state index in [1.54, 1.807) is 12.4 Å². The molecule has 24 heavy (non-hydrogen) atoms. The van der Waals surface area contributed by atoms with Crippen molar-refractivity contribution < 1.29 is 9.84 Å². The van der Waals surface area contributed by atoms with Crippen molar-refractivity contribution in [3.8, 4) is 11.5 Å². The fourth-order valence-electron chi connectivity index (χ4n) is 3.22. The summed E-state index contributed by atoms with van der Waals surface area (Å²) in [5.41, 5.74) is 0.932. The van der Waals surface area contributed by atoms with Crippen molar-refractivity contribution in [1.29, 1.82) is 0 Å². The lowest BCUT2D eigenvalue weighted by molar-refractivity contribution is 0.175. The molecule has 1 aromatic carbocycles. The second kappa shape index (κ2) is 7.40. The maximum atomic E-state index is 10.0. The third-order valence-corrected chi connectivity index (χ3v) is 5.18. The van der Waals surface area contributed by atoms with Gasteiger partial charge in [-0.1, -0.05) is 17.7 Å². The molecule has 1 N–H and O–H groups in total. The fourth-order valence-corrected chi connectivity index (χ4v) is 3.43. The number of benzene rings is 1. The maximum Gasteiger partial charge on any atom is 0.177 e. The second-order valence-corrected chi connectivity index (χ2v) is 6.75.